The molecule has 0 saturated carbocycles. The summed E-state index contributed by atoms with van der Waals surface area (Å²) in [5.74, 6) is -0.177. The summed E-state index contributed by atoms with van der Waals surface area (Å²) in [6.45, 7) is 1.61. The first-order valence-electron chi connectivity index (χ1n) is 8.74. The number of nitrogens with zero attached hydrogens (tertiary/aromatic N) is 3. The number of nitrogens with one attached hydrogen (secondary N) is 1. The van der Waals surface area contributed by atoms with Crippen LogP contribution in [0.25, 0.3) is 0 Å². The highest BCUT2D eigenvalue weighted by atomic mass is 35.5. The number of piperidine rings is 1. The summed E-state index contributed by atoms with van der Waals surface area (Å²) in [6, 6.07) is 3.13. The molecule has 0 aliphatic carbocycles. The minimum Gasteiger partial charge on any atom is -0.357 e. The molecule has 5 N–H and O–H groups in total. The summed E-state index contributed by atoms with van der Waals surface area (Å²) in [4.78, 5) is 21.5. The van der Waals surface area contributed by atoms with Gasteiger partial charge in [0.15, 0.2) is 0 Å². The van der Waals surface area contributed by atoms with Crippen molar-refractivity contribution in [1.82, 2.24) is 9.97 Å². The van der Waals surface area contributed by atoms with Crippen LogP contribution in [0.15, 0.2) is 34.3 Å². The van der Waals surface area contributed by atoms with E-state index in [1.54, 1.807) is 0 Å². The van der Waals surface area contributed by atoms with Crippen LogP contribution in [0.5, 0.6) is 0 Å². The molecular weight excluding hydrogens is 456 g/mol. The molecule has 0 bridgehead atoms. The lowest BCUT2D eigenvalue weighted by Gasteiger charge is -2.27. The van der Waals surface area contributed by atoms with Gasteiger partial charge < -0.3 is 10.2 Å². The number of carbonyl (C=O) groups excluding carboxylic acids is 1. The van der Waals surface area contributed by atoms with Crippen molar-refractivity contribution in [2.75, 3.05) is 23.3 Å². The second kappa shape index (κ2) is 8.43. The third-order valence-electron chi connectivity index (χ3n) is 4.46. The average Bonchev–Trinajstić information content (AvgIpc) is 2.67. The molecule has 30 heavy (non-hydrogen) atoms. The molecule has 1 aromatic heterocycles. The summed E-state index contributed by atoms with van der Waals surface area (Å²) >= 11 is 5.91. The molecule has 2 heterocycles. The Morgan fingerprint density at radius 3 is 2.20 bits per heavy atom. The highest BCUT2D eigenvalue weighted by molar-refractivity contribution is 7.90. The van der Waals surface area contributed by atoms with E-state index >= 15 is 0 Å². The number of benzene rings is 1. The molecule has 1 fully saturated rings. The van der Waals surface area contributed by atoms with Crippen molar-refractivity contribution in [3.8, 4) is 0 Å². The maximum atomic E-state index is 12.7. The molecule has 1 saturated heterocycles. The van der Waals surface area contributed by atoms with Gasteiger partial charge in [-0.2, -0.15) is 0 Å². The summed E-state index contributed by atoms with van der Waals surface area (Å²) < 4.78 is 47.1. The zero-order valence-electron chi connectivity index (χ0n) is 15.6. The van der Waals surface area contributed by atoms with Crippen LogP contribution >= 0.6 is 11.6 Å². The fraction of sp³-hybridized carbons (Fsp3) is 0.312. The highest BCUT2D eigenvalue weighted by Gasteiger charge is 2.24. The number of rotatable bonds is 5. The van der Waals surface area contributed by atoms with Crippen LogP contribution < -0.4 is 20.5 Å². The quantitative estimate of drug-likeness (QED) is 0.565. The molecule has 162 valence electrons. The van der Waals surface area contributed by atoms with Crippen molar-refractivity contribution in [3.05, 3.63) is 35.2 Å². The van der Waals surface area contributed by atoms with E-state index in [0.29, 0.717) is 11.9 Å². The van der Waals surface area contributed by atoms with E-state index in [1.165, 1.54) is 12.4 Å². The van der Waals surface area contributed by atoms with Gasteiger partial charge in [0.1, 0.15) is 27.6 Å². The molecule has 0 spiro atoms. The van der Waals surface area contributed by atoms with Gasteiger partial charge >= 0.3 is 0 Å². The lowest BCUT2D eigenvalue weighted by atomic mass is 10.1. The number of aromatic nitrogens is 2. The second-order valence-corrected chi connectivity index (χ2v) is 10.1. The van der Waals surface area contributed by atoms with E-state index in [2.05, 4.69) is 15.3 Å². The van der Waals surface area contributed by atoms with Crippen LogP contribution in [-0.4, -0.2) is 45.8 Å². The monoisotopic (exact) mass is 474 g/mol. The number of primary sulfonamides is 2. The van der Waals surface area contributed by atoms with Gasteiger partial charge in [-0.05, 0) is 31.4 Å². The number of hydrogen-bond acceptors (Lipinski definition) is 8. The van der Waals surface area contributed by atoms with E-state index in [1.807, 2.05) is 4.90 Å². The normalized spacial score (nSPS) is 15.1. The Bertz CT molecular complexity index is 1200. The summed E-state index contributed by atoms with van der Waals surface area (Å²) in [5.41, 5.74) is -0.323. The Morgan fingerprint density at radius 1 is 0.967 bits per heavy atom. The zero-order chi connectivity index (χ0) is 22.1. The molecule has 1 amide bonds. The molecule has 1 aliphatic heterocycles. The van der Waals surface area contributed by atoms with Crippen LogP contribution in [0.1, 0.15) is 29.8 Å². The van der Waals surface area contributed by atoms with Gasteiger partial charge in [0.25, 0.3) is 5.91 Å². The van der Waals surface area contributed by atoms with Crippen molar-refractivity contribution < 1.29 is 21.6 Å². The van der Waals surface area contributed by atoms with Gasteiger partial charge in [-0.25, -0.2) is 37.1 Å². The Kier molecular flexibility index (Phi) is 6.29. The highest BCUT2D eigenvalue weighted by Crippen LogP contribution is 2.31. The van der Waals surface area contributed by atoms with Gasteiger partial charge in [-0.15, -0.1) is 0 Å². The molecular formula is C16H19ClN6O5S2. The van der Waals surface area contributed by atoms with E-state index in [-0.39, 0.29) is 16.4 Å². The maximum Gasteiger partial charge on any atom is 0.274 e. The topological polar surface area (TPSA) is 178 Å². The fourth-order valence-electron chi connectivity index (χ4n) is 3.04. The first-order chi connectivity index (χ1) is 14.0. The van der Waals surface area contributed by atoms with E-state index in [4.69, 9.17) is 21.9 Å². The van der Waals surface area contributed by atoms with E-state index < -0.39 is 35.7 Å². The maximum absolute atomic E-state index is 12.7. The van der Waals surface area contributed by atoms with Crippen molar-refractivity contribution in [3.63, 3.8) is 0 Å². The number of halogens is 1. The van der Waals surface area contributed by atoms with Gasteiger partial charge in [0.05, 0.1) is 10.7 Å². The van der Waals surface area contributed by atoms with Crippen molar-refractivity contribution >= 4 is 49.1 Å². The molecule has 2 aromatic rings. The smallest absolute Gasteiger partial charge is 0.274 e. The van der Waals surface area contributed by atoms with Crippen LogP contribution in [0.4, 0.5) is 11.5 Å². The van der Waals surface area contributed by atoms with Gasteiger partial charge in [-0.1, -0.05) is 11.6 Å². The van der Waals surface area contributed by atoms with Crippen LogP contribution in [0.3, 0.4) is 0 Å². The Hall–Kier alpha value is -2.32. The van der Waals surface area contributed by atoms with Gasteiger partial charge in [0.2, 0.25) is 20.0 Å². The molecule has 14 heteroatoms. The van der Waals surface area contributed by atoms with Gasteiger partial charge in [0, 0.05) is 19.2 Å². The Morgan fingerprint density at radius 2 is 1.60 bits per heavy atom. The zero-order valence-corrected chi connectivity index (χ0v) is 18.0. The summed E-state index contributed by atoms with van der Waals surface area (Å²) in [6.07, 6.45) is 4.38. The second-order valence-electron chi connectivity index (χ2n) is 6.63. The van der Waals surface area contributed by atoms with Crippen LogP contribution in [0, 0.1) is 0 Å². The van der Waals surface area contributed by atoms with Gasteiger partial charge in [-0.3, -0.25) is 4.79 Å². The van der Waals surface area contributed by atoms with E-state index in [9.17, 15) is 21.6 Å². The molecule has 3 rings (SSSR count). The van der Waals surface area contributed by atoms with Crippen LogP contribution in [-0.2, 0) is 20.0 Å². The average molecular weight is 475 g/mol. The number of sulfonamides is 2. The SMILES string of the molecule is NS(=O)(=O)c1cc(S(N)(=O)=O)c(NC(=O)c2cc(N3CCCCC3)ncn2)cc1Cl. The standard InChI is InChI=1S/C16H19ClN6O5S2/c17-10-6-11(14(30(19,27)28)8-13(10)29(18,25)26)22-16(24)12-7-15(21-9-20-12)23-4-2-1-3-5-23/h6-9H,1-5H2,(H,22,24)(H2,18,25,26)(H2,19,27,28). The van der Waals surface area contributed by atoms with Crippen LogP contribution in [0.2, 0.25) is 5.02 Å². The van der Waals surface area contributed by atoms with Crippen molar-refractivity contribution in [2.45, 2.75) is 29.1 Å². The summed E-state index contributed by atoms with van der Waals surface area (Å²) in [7, 11) is -8.74. The molecule has 0 unspecified atom stereocenters. The third-order valence-corrected chi connectivity index (χ3v) is 6.79. The first kappa shape index (κ1) is 22.4. The Balaban J connectivity index is 1.96. The van der Waals surface area contributed by atoms with Crippen molar-refractivity contribution in [1.29, 1.82) is 0 Å². The molecule has 0 radical (unpaired) electrons. The first-order valence-corrected chi connectivity index (χ1v) is 12.2. The molecule has 11 nitrogen and oxygen atoms in total. The number of amides is 1. The molecule has 1 aromatic carbocycles. The predicted octanol–water partition coefficient (Wildman–Crippen LogP) is 0.667. The number of carbonyl (C=O) groups is 1. The predicted molar refractivity (Wildman–Crippen MR) is 110 cm³/mol. The van der Waals surface area contributed by atoms with E-state index in [0.717, 1.165) is 38.4 Å². The molecule has 1 aliphatic rings. The minimum absolute atomic E-state index is 0.0161. The lowest BCUT2D eigenvalue weighted by molar-refractivity contribution is 0.102. The largest absolute Gasteiger partial charge is 0.357 e. The molecule has 0 atom stereocenters. The van der Waals surface area contributed by atoms with Crippen molar-refractivity contribution in [2.24, 2.45) is 10.3 Å². The number of nitrogens with two attached hydrogens (primary N) is 2. The third kappa shape index (κ3) is 5.05. The number of hydrogen-bond donors (Lipinski definition) is 3. The Labute approximate surface area is 178 Å². The minimum atomic E-state index is -4.42. The summed E-state index contributed by atoms with van der Waals surface area (Å²) in [5, 5.41) is 12.2. The lowest BCUT2D eigenvalue weighted by Crippen LogP contribution is -2.30. The fourth-order valence-corrected chi connectivity index (χ4v) is 4.91. The number of anilines is 2.